The average Bonchev–Trinajstić information content (AvgIpc) is 2.99. The number of Topliss-reactive ketones (excluding diaryl/α,β-unsaturated/α-hetero) is 1. The van der Waals surface area contributed by atoms with Crippen molar-refractivity contribution in [2.75, 3.05) is 13.2 Å². The third kappa shape index (κ3) is 4.81. The summed E-state index contributed by atoms with van der Waals surface area (Å²) in [6.45, 7) is 1.36. The van der Waals surface area contributed by atoms with Gasteiger partial charge in [-0.05, 0) is 18.9 Å². The molecule has 1 aliphatic rings. The fraction of sp³-hybridized carbons (Fsp3) is 0.450. The molecule has 0 unspecified atom stereocenters. The summed E-state index contributed by atoms with van der Waals surface area (Å²) in [6.07, 6.45) is 0.986. The maximum atomic E-state index is 12.6. The molecule has 1 atom stereocenters. The van der Waals surface area contributed by atoms with E-state index >= 15 is 0 Å². The maximum absolute atomic E-state index is 12.6. The fourth-order valence-corrected chi connectivity index (χ4v) is 3.28. The highest BCUT2D eigenvalue weighted by molar-refractivity contribution is 5.96. The second-order valence-electron chi connectivity index (χ2n) is 6.79. The van der Waals surface area contributed by atoms with Crippen molar-refractivity contribution >= 4 is 11.7 Å². The standard InChI is InChI=1S/C20H25N3O4/c24-14-19(26)17-12-16-13-22(10-5-11-23(16)21-17)20(27)9-4-8-18(25)15-6-2-1-3-7-15/h1-3,6-7,12,19,24,26H,4-5,8-11,13-14H2/t19-/m0/s1. The number of amides is 1. The van der Waals surface area contributed by atoms with Crippen LogP contribution in [0.5, 0.6) is 0 Å². The number of carbonyl (C=O) groups excluding carboxylic acids is 2. The Balaban J connectivity index is 1.54. The highest BCUT2D eigenvalue weighted by atomic mass is 16.3. The van der Waals surface area contributed by atoms with Crippen LogP contribution in [0.1, 0.15) is 53.5 Å². The van der Waals surface area contributed by atoms with E-state index in [-0.39, 0.29) is 18.3 Å². The normalized spacial score (nSPS) is 15.1. The van der Waals surface area contributed by atoms with Crippen molar-refractivity contribution in [3.8, 4) is 0 Å². The van der Waals surface area contributed by atoms with Crippen LogP contribution in [0.15, 0.2) is 36.4 Å². The quantitative estimate of drug-likeness (QED) is 0.722. The molecule has 1 aromatic heterocycles. The summed E-state index contributed by atoms with van der Waals surface area (Å²) in [7, 11) is 0. The zero-order valence-corrected chi connectivity index (χ0v) is 15.3. The van der Waals surface area contributed by atoms with Gasteiger partial charge >= 0.3 is 0 Å². The van der Waals surface area contributed by atoms with E-state index < -0.39 is 6.10 Å². The number of benzene rings is 1. The largest absolute Gasteiger partial charge is 0.393 e. The van der Waals surface area contributed by atoms with Gasteiger partial charge in [-0.3, -0.25) is 14.3 Å². The minimum Gasteiger partial charge on any atom is -0.393 e. The molecule has 0 aliphatic carbocycles. The van der Waals surface area contributed by atoms with Crippen LogP contribution in [-0.2, 0) is 17.9 Å². The Morgan fingerprint density at radius 1 is 1.15 bits per heavy atom. The molecule has 7 heteroatoms. The van der Waals surface area contributed by atoms with E-state index in [1.54, 1.807) is 27.8 Å². The number of carbonyl (C=O) groups is 2. The molecular weight excluding hydrogens is 346 g/mol. The molecule has 144 valence electrons. The van der Waals surface area contributed by atoms with E-state index in [9.17, 15) is 14.7 Å². The van der Waals surface area contributed by atoms with E-state index in [0.717, 1.165) is 12.1 Å². The van der Waals surface area contributed by atoms with Crippen LogP contribution >= 0.6 is 0 Å². The summed E-state index contributed by atoms with van der Waals surface area (Å²) in [5.41, 5.74) is 1.96. The Morgan fingerprint density at radius 3 is 2.67 bits per heavy atom. The first kappa shape index (κ1) is 19.3. The van der Waals surface area contributed by atoms with Crippen molar-refractivity contribution in [1.29, 1.82) is 0 Å². The molecule has 0 saturated carbocycles. The summed E-state index contributed by atoms with van der Waals surface area (Å²) < 4.78 is 1.79. The van der Waals surface area contributed by atoms with Crippen molar-refractivity contribution in [2.24, 2.45) is 0 Å². The van der Waals surface area contributed by atoms with Gasteiger partial charge in [0.1, 0.15) is 6.10 Å². The monoisotopic (exact) mass is 371 g/mol. The molecule has 3 rings (SSSR count). The van der Waals surface area contributed by atoms with Gasteiger partial charge < -0.3 is 15.1 Å². The highest BCUT2D eigenvalue weighted by Gasteiger charge is 2.22. The molecule has 7 nitrogen and oxygen atoms in total. The average molecular weight is 371 g/mol. The smallest absolute Gasteiger partial charge is 0.222 e. The number of aliphatic hydroxyl groups excluding tert-OH is 2. The summed E-state index contributed by atoms with van der Waals surface area (Å²) in [4.78, 5) is 26.5. The SMILES string of the molecule is O=C(CCCC(=O)N1CCCn2nc([C@@H](O)CO)cc2C1)c1ccccc1. The van der Waals surface area contributed by atoms with Gasteiger partial charge in [0.25, 0.3) is 0 Å². The minimum atomic E-state index is -1.00. The van der Waals surface area contributed by atoms with E-state index in [4.69, 9.17) is 5.11 Å². The molecule has 0 bridgehead atoms. The summed E-state index contributed by atoms with van der Waals surface area (Å²) >= 11 is 0. The summed E-state index contributed by atoms with van der Waals surface area (Å²) in [6, 6.07) is 10.9. The zero-order valence-electron chi connectivity index (χ0n) is 15.3. The molecule has 0 saturated heterocycles. The second-order valence-corrected chi connectivity index (χ2v) is 6.79. The van der Waals surface area contributed by atoms with Gasteiger partial charge in [-0.1, -0.05) is 30.3 Å². The second kappa shape index (κ2) is 8.92. The Labute approximate surface area is 158 Å². The lowest BCUT2D eigenvalue weighted by Crippen LogP contribution is -2.30. The van der Waals surface area contributed by atoms with Gasteiger partial charge in [0.05, 0.1) is 24.5 Å². The lowest BCUT2D eigenvalue weighted by atomic mass is 10.1. The topological polar surface area (TPSA) is 95.7 Å². The van der Waals surface area contributed by atoms with Crippen molar-refractivity contribution in [3.05, 3.63) is 53.3 Å². The van der Waals surface area contributed by atoms with Crippen LogP contribution in [0.4, 0.5) is 0 Å². The van der Waals surface area contributed by atoms with Gasteiger partial charge in [0, 0.05) is 31.5 Å². The number of hydrogen-bond donors (Lipinski definition) is 2. The Hall–Kier alpha value is -2.51. The van der Waals surface area contributed by atoms with Crippen molar-refractivity contribution in [3.63, 3.8) is 0 Å². The lowest BCUT2D eigenvalue weighted by molar-refractivity contribution is -0.131. The predicted molar refractivity (Wildman–Crippen MR) is 98.9 cm³/mol. The number of aryl methyl sites for hydroxylation is 1. The van der Waals surface area contributed by atoms with Crippen LogP contribution < -0.4 is 0 Å². The Morgan fingerprint density at radius 2 is 1.93 bits per heavy atom. The molecule has 2 aromatic rings. The molecule has 2 N–H and O–H groups in total. The number of hydrogen-bond acceptors (Lipinski definition) is 5. The molecule has 0 fully saturated rings. The van der Waals surface area contributed by atoms with Gasteiger partial charge in [0.15, 0.2) is 5.78 Å². The third-order valence-electron chi connectivity index (χ3n) is 4.79. The number of aromatic nitrogens is 2. The molecule has 27 heavy (non-hydrogen) atoms. The van der Waals surface area contributed by atoms with Gasteiger partial charge in [-0.15, -0.1) is 0 Å². The van der Waals surface area contributed by atoms with Crippen LogP contribution in [0.2, 0.25) is 0 Å². The fourth-order valence-electron chi connectivity index (χ4n) is 3.28. The van der Waals surface area contributed by atoms with E-state index in [1.165, 1.54) is 0 Å². The van der Waals surface area contributed by atoms with Crippen molar-refractivity contribution in [2.45, 2.75) is 44.9 Å². The number of aliphatic hydroxyl groups is 2. The summed E-state index contributed by atoms with van der Waals surface area (Å²) in [5.74, 6) is 0.0785. The molecule has 2 heterocycles. The van der Waals surface area contributed by atoms with Gasteiger partial charge in [-0.25, -0.2) is 0 Å². The zero-order chi connectivity index (χ0) is 19.2. The van der Waals surface area contributed by atoms with Crippen LogP contribution in [0.25, 0.3) is 0 Å². The van der Waals surface area contributed by atoms with Gasteiger partial charge in [-0.2, -0.15) is 5.10 Å². The Kier molecular flexibility index (Phi) is 6.36. The minimum absolute atomic E-state index is 0.0229. The summed E-state index contributed by atoms with van der Waals surface area (Å²) in [5, 5.41) is 23.1. The number of fused-ring (bicyclic) bond motifs is 1. The molecule has 1 aliphatic heterocycles. The first-order valence-electron chi connectivity index (χ1n) is 9.30. The van der Waals surface area contributed by atoms with Crippen molar-refractivity contribution < 1.29 is 19.8 Å². The van der Waals surface area contributed by atoms with Gasteiger partial charge in [0.2, 0.25) is 5.91 Å². The first-order valence-corrected chi connectivity index (χ1v) is 9.30. The van der Waals surface area contributed by atoms with Crippen molar-refractivity contribution in [1.82, 2.24) is 14.7 Å². The Bertz CT molecular complexity index is 788. The third-order valence-corrected chi connectivity index (χ3v) is 4.79. The molecule has 1 aromatic carbocycles. The molecule has 0 spiro atoms. The number of ketones is 1. The predicted octanol–water partition coefficient (Wildman–Crippen LogP) is 1.69. The van der Waals surface area contributed by atoms with E-state index in [0.29, 0.717) is 50.2 Å². The highest BCUT2D eigenvalue weighted by Crippen LogP contribution is 2.19. The van der Waals surface area contributed by atoms with Crippen LogP contribution in [-0.4, -0.2) is 49.7 Å². The molecule has 1 amide bonds. The first-order chi connectivity index (χ1) is 13.1. The molecular formula is C20H25N3O4. The number of rotatable bonds is 7. The maximum Gasteiger partial charge on any atom is 0.222 e. The van der Waals surface area contributed by atoms with Crippen LogP contribution in [0, 0.1) is 0 Å². The lowest BCUT2D eigenvalue weighted by Gasteiger charge is -2.20. The van der Waals surface area contributed by atoms with E-state index in [2.05, 4.69) is 5.10 Å². The molecule has 0 radical (unpaired) electrons. The van der Waals surface area contributed by atoms with E-state index in [1.807, 2.05) is 18.2 Å². The number of nitrogens with zero attached hydrogens (tertiary/aromatic N) is 3. The van der Waals surface area contributed by atoms with Crippen LogP contribution in [0.3, 0.4) is 0 Å².